The Bertz CT molecular complexity index is 858. The lowest BCUT2D eigenvalue weighted by atomic mass is 10.2. The number of ether oxygens (including phenoxy) is 2. The standard InChI is InChI=1S/C14H18N4O4/c1-16-10-11(17(2)14(20)18(3)12(10)19)15-13(16)22-8-9-6-4-5-7-21-9/h5,7,9H,4,6,8H2,1-3H3. The van der Waals surface area contributed by atoms with Gasteiger partial charge >= 0.3 is 5.69 Å². The van der Waals surface area contributed by atoms with Crippen LogP contribution in [-0.2, 0) is 25.9 Å². The first-order chi connectivity index (χ1) is 10.5. The van der Waals surface area contributed by atoms with Gasteiger partial charge in [-0.1, -0.05) is 0 Å². The maximum atomic E-state index is 12.2. The van der Waals surface area contributed by atoms with Gasteiger partial charge in [-0.25, -0.2) is 4.79 Å². The molecule has 118 valence electrons. The van der Waals surface area contributed by atoms with E-state index in [1.165, 1.54) is 11.6 Å². The monoisotopic (exact) mass is 306 g/mol. The Balaban J connectivity index is 1.98. The topological polar surface area (TPSA) is 80.3 Å². The van der Waals surface area contributed by atoms with E-state index in [0.717, 1.165) is 17.4 Å². The summed E-state index contributed by atoms with van der Waals surface area (Å²) in [5, 5.41) is 0. The average Bonchev–Trinajstić information content (AvgIpc) is 2.87. The zero-order valence-electron chi connectivity index (χ0n) is 12.8. The zero-order valence-corrected chi connectivity index (χ0v) is 12.8. The minimum absolute atomic E-state index is 0.0311. The van der Waals surface area contributed by atoms with E-state index in [2.05, 4.69) is 4.98 Å². The van der Waals surface area contributed by atoms with Gasteiger partial charge in [-0.05, 0) is 18.9 Å². The molecule has 0 bridgehead atoms. The number of hydrogen-bond acceptors (Lipinski definition) is 5. The summed E-state index contributed by atoms with van der Waals surface area (Å²) in [4.78, 5) is 28.5. The van der Waals surface area contributed by atoms with Crippen molar-refractivity contribution in [2.24, 2.45) is 21.1 Å². The van der Waals surface area contributed by atoms with Crippen LogP contribution in [-0.4, -0.2) is 31.4 Å². The summed E-state index contributed by atoms with van der Waals surface area (Å²) >= 11 is 0. The second kappa shape index (κ2) is 5.36. The molecule has 0 fully saturated rings. The summed E-state index contributed by atoms with van der Waals surface area (Å²) in [6.45, 7) is 0.343. The molecule has 0 saturated carbocycles. The van der Waals surface area contributed by atoms with Gasteiger partial charge in [0.25, 0.3) is 11.6 Å². The molecule has 0 aromatic carbocycles. The van der Waals surface area contributed by atoms with E-state index in [1.807, 2.05) is 6.08 Å². The summed E-state index contributed by atoms with van der Waals surface area (Å²) in [5.74, 6) is 0. The van der Waals surface area contributed by atoms with E-state index in [1.54, 1.807) is 24.9 Å². The van der Waals surface area contributed by atoms with Crippen molar-refractivity contribution in [1.29, 1.82) is 0 Å². The molecule has 1 aliphatic rings. The molecule has 1 unspecified atom stereocenters. The lowest BCUT2D eigenvalue weighted by molar-refractivity contribution is 0.0683. The quantitative estimate of drug-likeness (QED) is 0.800. The molecule has 0 aliphatic carbocycles. The minimum atomic E-state index is -0.414. The smallest absolute Gasteiger partial charge is 0.332 e. The van der Waals surface area contributed by atoms with Crippen molar-refractivity contribution in [1.82, 2.24) is 18.7 Å². The van der Waals surface area contributed by atoms with Crippen molar-refractivity contribution >= 4 is 11.2 Å². The molecule has 0 amide bonds. The summed E-state index contributed by atoms with van der Waals surface area (Å²) in [5.41, 5.74) is -0.151. The van der Waals surface area contributed by atoms with Crippen LogP contribution < -0.4 is 16.0 Å². The van der Waals surface area contributed by atoms with E-state index < -0.39 is 5.69 Å². The predicted octanol–water partition coefficient (Wildman–Crippen LogP) is 0.0422. The molecule has 3 rings (SSSR count). The van der Waals surface area contributed by atoms with Crippen LogP contribution in [0.3, 0.4) is 0 Å². The summed E-state index contributed by atoms with van der Waals surface area (Å²) in [6.07, 6.45) is 5.43. The summed E-state index contributed by atoms with van der Waals surface area (Å²) in [6, 6.07) is 0.298. The summed E-state index contributed by atoms with van der Waals surface area (Å²) in [7, 11) is 4.72. The Kier molecular flexibility index (Phi) is 3.51. The maximum Gasteiger partial charge on any atom is 0.332 e. The molecule has 0 N–H and O–H groups in total. The van der Waals surface area contributed by atoms with Gasteiger partial charge in [-0.3, -0.25) is 18.5 Å². The van der Waals surface area contributed by atoms with Crippen LogP contribution >= 0.6 is 0 Å². The number of hydrogen-bond donors (Lipinski definition) is 0. The van der Waals surface area contributed by atoms with Crippen LogP contribution in [0.1, 0.15) is 12.8 Å². The van der Waals surface area contributed by atoms with E-state index in [0.29, 0.717) is 23.8 Å². The minimum Gasteiger partial charge on any atom is -0.495 e. The molecule has 0 spiro atoms. The van der Waals surface area contributed by atoms with Crippen LogP contribution in [0.4, 0.5) is 0 Å². The van der Waals surface area contributed by atoms with Crippen LogP contribution in [0.25, 0.3) is 11.2 Å². The predicted molar refractivity (Wildman–Crippen MR) is 79.9 cm³/mol. The fraction of sp³-hybridized carbons (Fsp3) is 0.500. The van der Waals surface area contributed by atoms with Crippen molar-refractivity contribution < 1.29 is 9.47 Å². The first kappa shape index (κ1) is 14.4. The van der Waals surface area contributed by atoms with Gasteiger partial charge in [0, 0.05) is 21.1 Å². The number of imidazole rings is 1. The molecular weight excluding hydrogens is 288 g/mol. The second-order valence-electron chi connectivity index (χ2n) is 5.35. The molecule has 2 aromatic heterocycles. The van der Waals surface area contributed by atoms with Crippen LogP contribution in [0.15, 0.2) is 21.9 Å². The maximum absolute atomic E-state index is 12.2. The third-order valence-corrected chi connectivity index (χ3v) is 3.86. The Morgan fingerprint density at radius 3 is 2.73 bits per heavy atom. The van der Waals surface area contributed by atoms with Crippen molar-refractivity contribution in [2.45, 2.75) is 18.9 Å². The zero-order chi connectivity index (χ0) is 15.9. The molecular formula is C14H18N4O4. The van der Waals surface area contributed by atoms with Gasteiger partial charge in [0.1, 0.15) is 12.7 Å². The first-order valence-electron chi connectivity index (χ1n) is 7.06. The molecule has 3 heterocycles. The molecule has 1 aliphatic heterocycles. The molecule has 22 heavy (non-hydrogen) atoms. The average molecular weight is 306 g/mol. The Morgan fingerprint density at radius 2 is 2.05 bits per heavy atom. The molecule has 2 aromatic rings. The highest BCUT2D eigenvalue weighted by atomic mass is 16.5. The lowest BCUT2D eigenvalue weighted by Crippen LogP contribution is -2.37. The fourth-order valence-corrected chi connectivity index (χ4v) is 2.50. The van der Waals surface area contributed by atoms with Gasteiger partial charge in [0.15, 0.2) is 11.2 Å². The lowest BCUT2D eigenvalue weighted by Gasteiger charge is -2.19. The van der Waals surface area contributed by atoms with E-state index in [4.69, 9.17) is 9.47 Å². The van der Waals surface area contributed by atoms with Crippen LogP contribution in [0.2, 0.25) is 0 Å². The second-order valence-corrected chi connectivity index (χ2v) is 5.35. The van der Waals surface area contributed by atoms with Gasteiger partial charge in [-0.15, -0.1) is 0 Å². The van der Waals surface area contributed by atoms with E-state index >= 15 is 0 Å². The first-order valence-corrected chi connectivity index (χ1v) is 7.06. The van der Waals surface area contributed by atoms with Gasteiger partial charge < -0.3 is 9.47 Å². The SMILES string of the molecule is Cn1c(=O)c2c(nc(OCC3CCC=CO3)n2C)n(C)c1=O. The van der Waals surface area contributed by atoms with Gasteiger partial charge in [0.2, 0.25) is 0 Å². The highest BCUT2D eigenvalue weighted by molar-refractivity contribution is 5.71. The third-order valence-electron chi connectivity index (χ3n) is 3.86. The van der Waals surface area contributed by atoms with Crippen LogP contribution in [0, 0.1) is 0 Å². The van der Waals surface area contributed by atoms with Crippen LogP contribution in [0.5, 0.6) is 6.01 Å². The van der Waals surface area contributed by atoms with E-state index in [-0.39, 0.29) is 11.7 Å². The van der Waals surface area contributed by atoms with Gasteiger partial charge in [-0.2, -0.15) is 4.98 Å². The van der Waals surface area contributed by atoms with Crippen molar-refractivity contribution in [3.05, 3.63) is 33.2 Å². The molecule has 0 radical (unpaired) electrons. The number of fused-ring (bicyclic) bond motifs is 1. The van der Waals surface area contributed by atoms with Crippen molar-refractivity contribution in [3.63, 3.8) is 0 Å². The highest BCUT2D eigenvalue weighted by Gasteiger charge is 2.19. The number of aromatic nitrogens is 4. The number of nitrogens with zero attached hydrogens (tertiary/aromatic N) is 4. The molecule has 0 saturated heterocycles. The molecule has 8 nitrogen and oxygen atoms in total. The van der Waals surface area contributed by atoms with Gasteiger partial charge in [0.05, 0.1) is 6.26 Å². The Labute approximate surface area is 126 Å². The fourth-order valence-electron chi connectivity index (χ4n) is 2.50. The Morgan fingerprint density at radius 1 is 1.27 bits per heavy atom. The van der Waals surface area contributed by atoms with Crippen molar-refractivity contribution in [2.75, 3.05) is 6.61 Å². The van der Waals surface area contributed by atoms with Crippen molar-refractivity contribution in [3.8, 4) is 6.01 Å². The number of aryl methyl sites for hydroxylation is 2. The third kappa shape index (κ3) is 2.20. The number of allylic oxidation sites excluding steroid dienone is 1. The molecule has 8 heteroatoms. The normalized spacial score (nSPS) is 17.7. The Hall–Kier alpha value is -2.51. The molecule has 1 atom stereocenters. The largest absolute Gasteiger partial charge is 0.495 e. The summed E-state index contributed by atoms with van der Waals surface area (Å²) < 4.78 is 15.1. The van der Waals surface area contributed by atoms with E-state index in [9.17, 15) is 9.59 Å². The number of rotatable bonds is 3. The highest BCUT2D eigenvalue weighted by Crippen LogP contribution is 2.17.